The van der Waals surface area contributed by atoms with Gasteiger partial charge in [-0.25, -0.2) is 0 Å². The van der Waals surface area contributed by atoms with E-state index in [4.69, 9.17) is 5.11 Å². The lowest BCUT2D eigenvalue weighted by molar-refractivity contribution is 0.154. The van der Waals surface area contributed by atoms with Crippen LogP contribution < -0.4 is 5.32 Å². The Hall–Kier alpha value is -1.90. The molecule has 1 aromatic rings. The highest BCUT2D eigenvalue weighted by atomic mass is 16.2. The van der Waals surface area contributed by atoms with Crippen molar-refractivity contribution in [3.63, 3.8) is 0 Å². The first-order chi connectivity index (χ1) is 18.6. The lowest BCUT2D eigenvalue weighted by Gasteiger charge is -2.41. The average molecular weight is 516 g/mol. The largest absolute Gasteiger partial charge is 0.400 e. The van der Waals surface area contributed by atoms with Crippen LogP contribution >= 0.6 is 0 Å². The monoisotopic (exact) mass is 515 g/mol. The standard InChI is InChI=1S/C28H34.C7H15N.CH4O/c1-3-19-9-10-23(17-20(19)4-2)26-15-16-28-25-13-11-21-7-5-6-8-22(21)18-24(25)12-14-27(26)28;1-3-7(4-2)5-8-6-7;1-2/h3-4,9-10,12,17-18,21,25-28H,1-2,5-8,11,13-16H2;8H,3-6H2,1-2H3;2H,1H3. The van der Waals surface area contributed by atoms with Gasteiger partial charge in [0.1, 0.15) is 0 Å². The van der Waals surface area contributed by atoms with Crippen LogP contribution in [0, 0.1) is 29.1 Å². The van der Waals surface area contributed by atoms with E-state index in [1.54, 1.807) is 11.1 Å². The number of hydrogen-bond acceptors (Lipinski definition) is 2. The molecule has 38 heavy (non-hydrogen) atoms. The molecule has 2 saturated carbocycles. The Morgan fingerprint density at radius 1 is 0.895 bits per heavy atom. The molecule has 0 radical (unpaired) electrons. The molecule has 2 heteroatoms. The molecule has 0 spiro atoms. The zero-order chi connectivity index (χ0) is 27.1. The number of rotatable bonds is 5. The summed E-state index contributed by atoms with van der Waals surface area (Å²) in [4.78, 5) is 0. The van der Waals surface area contributed by atoms with Crippen molar-refractivity contribution in [2.45, 2.75) is 90.4 Å². The van der Waals surface area contributed by atoms with Gasteiger partial charge in [-0.2, -0.15) is 0 Å². The average Bonchev–Trinajstić information content (AvgIpc) is 3.29. The quantitative estimate of drug-likeness (QED) is 0.410. The highest BCUT2D eigenvalue weighted by Crippen LogP contribution is 2.55. The number of aliphatic hydroxyl groups excluding tert-OH is 1. The van der Waals surface area contributed by atoms with Crippen LogP contribution in [0.5, 0.6) is 0 Å². The van der Waals surface area contributed by atoms with Crippen LogP contribution in [0.2, 0.25) is 0 Å². The summed E-state index contributed by atoms with van der Waals surface area (Å²) in [7, 11) is 1.00. The van der Waals surface area contributed by atoms with E-state index in [1.807, 2.05) is 12.2 Å². The minimum atomic E-state index is 0.694. The first-order valence-corrected chi connectivity index (χ1v) is 15.6. The molecule has 2 nitrogen and oxygen atoms in total. The Kier molecular flexibility index (Phi) is 10.3. The van der Waals surface area contributed by atoms with Crippen molar-refractivity contribution in [1.82, 2.24) is 5.32 Å². The minimum Gasteiger partial charge on any atom is -0.400 e. The molecule has 208 valence electrons. The number of aliphatic hydroxyl groups is 1. The highest BCUT2D eigenvalue weighted by molar-refractivity contribution is 5.64. The van der Waals surface area contributed by atoms with Crippen LogP contribution in [0.3, 0.4) is 0 Å². The summed E-state index contributed by atoms with van der Waals surface area (Å²) in [6, 6.07) is 7.00. The van der Waals surface area contributed by atoms with Gasteiger partial charge in [-0.3, -0.25) is 0 Å². The van der Waals surface area contributed by atoms with Crippen molar-refractivity contribution in [2.24, 2.45) is 29.1 Å². The van der Waals surface area contributed by atoms with E-state index in [0.717, 1.165) is 36.7 Å². The fraction of sp³-hybridized carbons (Fsp3) is 0.611. The SMILES string of the molecule is C=Cc1ccc(C2CCC3C4CCC5CCCCC5=CC4=CCC23)cc1C=C.CCC1(CC)CNC1.CO. The van der Waals surface area contributed by atoms with Gasteiger partial charge in [0.25, 0.3) is 0 Å². The van der Waals surface area contributed by atoms with Crippen molar-refractivity contribution < 1.29 is 5.11 Å². The van der Waals surface area contributed by atoms with Crippen LogP contribution in [-0.2, 0) is 0 Å². The highest BCUT2D eigenvalue weighted by Gasteiger charge is 2.44. The third-order valence-electron chi connectivity index (χ3n) is 10.9. The predicted octanol–water partition coefficient (Wildman–Crippen LogP) is 8.94. The maximum Gasteiger partial charge on any atom is 0.0319 e. The van der Waals surface area contributed by atoms with E-state index in [-0.39, 0.29) is 0 Å². The van der Waals surface area contributed by atoms with Crippen molar-refractivity contribution in [3.8, 4) is 0 Å². The smallest absolute Gasteiger partial charge is 0.0319 e. The van der Waals surface area contributed by atoms with Crippen LogP contribution in [0.1, 0.15) is 107 Å². The molecule has 3 fully saturated rings. The van der Waals surface area contributed by atoms with Crippen molar-refractivity contribution in [3.05, 3.63) is 71.3 Å². The Morgan fingerprint density at radius 2 is 1.63 bits per heavy atom. The second-order valence-corrected chi connectivity index (χ2v) is 12.4. The topological polar surface area (TPSA) is 32.3 Å². The van der Waals surface area contributed by atoms with E-state index >= 15 is 0 Å². The summed E-state index contributed by atoms with van der Waals surface area (Å²) < 4.78 is 0. The second kappa shape index (κ2) is 13.4. The molecule has 0 amide bonds. The summed E-state index contributed by atoms with van der Waals surface area (Å²) in [5.41, 5.74) is 8.19. The van der Waals surface area contributed by atoms with Gasteiger partial charge in [0.2, 0.25) is 0 Å². The predicted molar refractivity (Wildman–Crippen MR) is 165 cm³/mol. The van der Waals surface area contributed by atoms with Crippen LogP contribution in [0.25, 0.3) is 12.2 Å². The van der Waals surface area contributed by atoms with Crippen LogP contribution in [0.4, 0.5) is 0 Å². The van der Waals surface area contributed by atoms with Gasteiger partial charge >= 0.3 is 0 Å². The Bertz CT molecular complexity index is 999. The van der Waals surface area contributed by atoms with Crippen molar-refractivity contribution in [1.29, 1.82) is 0 Å². The zero-order valence-corrected chi connectivity index (χ0v) is 24.5. The van der Waals surface area contributed by atoms with Gasteiger partial charge in [-0.15, -0.1) is 0 Å². The van der Waals surface area contributed by atoms with Crippen LogP contribution in [0.15, 0.2) is 54.7 Å². The fourth-order valence-corrected chi connectivity index (χ4v) is 8.21. The van der Waals surface area contributed by atoms with Gasteiger partial charge < -0.3 is 10.4 Å². The lowest BCUT2D eigenvalue weighted by atomic mass is 9.69. The molecule has 1 aliphatic heterocycles. The Balaban J connectivity index is 0.000000287. The van der Waals surface area contributed by atoms with E-state index in [2.05, 4.69) is 62.7 Å². The van der Waals surface area contributed by atoms with Crippen molar-refractivity contribution in [2.75, 3.05) is 20.2 Å². The van der Waals surface area contributed by atoms with E-state index < -0.39 is 0 Å². The number of allylic oxidation sites excluding steroid dienone is 4. The molecule has 0 aromatic heterocycles. The molecular weight excluding hydrogens is 462 g/mol. The first-order valence-electron chi connectivity index (χ1n) is 15.6. The maximum atomic E-state index is 7.00. The number of benzene rings is 1. The molecule has 1 saturated heterocycles. The summed E-state index contributed by atoms with van der Waals surface area (Å²) in [6.07, 6.45) is 24.5. The molecule has 6 rings (SSSR count). The molecule has 0 bridgehead atoms. The van der Waals surface area contributed by atoms with Gasteiger partial charge in [0.15, 0.2) is 0 Å². The first kappa shape index (κ1) is 29.1. The lowest BCUT2D eigenvalue weighted by Crippen LogP contribution is -2.52. The molecule has 5 unspecified atom stereocenters. The Morgan fingerprint density at radius 3 is 2.26 bits per heavy atom. The molecule has 2 N–H and O–H groups in total. The van der Waals surface area contributed by atoms with Gasteiger partial charge in [-0.1, -0.05) is 81.5 Å². The third-order valence-corrected chi connectivity index (χ3v) is 10.9. The zero-order valence-electron chi connectivity index (χ0n) is 24.5. The molecule has 1 heterocycles. The number of fused-ring (bicyclic) bond motifs is 4. The maximum absolute atomic E-state index is 7.00. The normalized spacial score (nSPS) is 30.6. The molecular formula is C36H53NO. The summed E-state index contributed by atoms with van der Waals surface area (Å²) in [5, 5.41) is 10.3. The van der Waals surface area contributed by atoms with Crippen LogP contribution in [-0.4, -0.2) is 25.3 Å². The molecule has 5 atom stereocenters. The van der Waals surface area contributed by atoms with Crippen molar-refractivity contribution >= 4 is 12.2 Å². The fourth-order valence-electron chi connectivity index (χ4n) is 8.21. The van der Waals surface area contributed by atoms with E-state index in [0.29, 0.717) is 5.41 Å². The molecule has 4 aliphatic carbocycles. The third kappa shape index (κ3) is 5.97. The summed E-state index contributed by atoms with van der Waals surface area (Å²) >= 11 is 0. The van der Waals surface area contributed by atoms with E-state index in [1.165, 1.54) is 100 Å². The number of nitrogens with one attached hydrogen (secondary N) is 1. The van der Waals surface area contributed by atoms with Gasteiger partial charge in [-0.05, 0) is 121 Å². The molecule has 5 aliphatic rings. The van der Waals surface area contributed by atoms with Gasteiger partial charge in [0.05, 0.1) is 0 Å². The second-order valence-electron chi connectivity index (χ2n) is 12.4. The minimum absolute atomic E-state index is 0.694. The summed E-state index contributed by atoms with van der Waals surface area (Å²) in [6.45, 7) is 15.0. The van der Waals surface area contributed by atoms with Gasteiger partial charge in [0, 0.05) is 20.2 Å². The van der Waals surface area contributed by atoms with E-state index in [9.17, 15) is 0 Å². The number of hydrogen-bond donors (Lipinski definition) is 2. The summed E-state index contributed by atoms with van der Waals surface area (Å²) in [5.74, 6) is 4.18. The Labute approximate surface area is 233 Å². The molecule has 1 aromatic carbocycles.